The molecule has 16 heteroatoms. The van der Waals surface area contributed by atoms with Gasteiger partial charge in [0.05, 0.1) is 24.0 Å². The summed E-state index contributed by atoms with van der Waals surface area (Å²) in [5, 5.41) is 16.4. The third-order valence-electron chi connectivity index (χ3n) is 11.8. The number of ether oxygens (including phenoxy) is 2. The van der Waals surface area contributed by atoms with Crippen LogP contribution in [0.1, 0.15) is 98.5 Å². The molecule has 0 saturated carbocycles. The number of likely N-dealkylation sites (N-methyl/N-ethyl adjacent to an activating group) is 1. The summed E-state index contributed by atoms with van der Waals surface area (Å²) in [4.78, 5) is 85.7. The summed E-state index contributed by atoms with van der Waals surface area (Å²) >= 11 is 0. The zero-order chi connectivity index (χ0) is 48.3. The summed E-state index contributed by atoms with van der Waals surface area (Å²) in [6.45, 7) is 10.1. The summed E-state index contributed by atoms with van der Waals surface area (Å²) in [5.41, 5.74) is 21.0. The number of ketones is 3. The Hall–Kier alpha value is -6.54. The van der Waals surface area contributed by atoms with Crippen LogP contribution < -0.4 is 37.6 Å². The largest absolute Gasteiger partial charge is 0.492 e. The van der Waals surface area contributed by atoms with Crippen molar-refractivity contribution in [2.75, 3.05) is 39.9 Å². The number of aromatic nitrogens is 2. The number of nitrogens with one attached hydrogen (secondary N) is 1. The van der Waals surface area contributed by atoms with Crippen molar-refractivity contribution in [3.05, 3.63) is 105 Å². The van der Waals surface area contributed by atoms with E-state index in [0.717, 1.165) is 5.56 Å². The van der Waals surface area contributed by atoms with Crippen LogP contribution in [0.3, 0.4) is 0 Å². The molecule has 5 rings (SSSR count). The minimum atomic E-state index is -1.28. The molecule has 4 bridgehead atoms. The van der Waals surface area contributed by atoms with Gasteiger partial charge >= 0.3 is 0 Å². The van der Waals surface area contributed by atoms with Crippen molar-refractivity contribution in [1.29, 1.82) is 5.26 Å². The number of carbonyl (C=O) groups excluding carboxylic acids is 5. The Labute approximate surface area is 385 Å². The quantitative estimate of drug-likeness (QED) is 0.107. The highest BCUT2D eigenvalue weighted by atomic mass is 16.5. The highest BCUT2D eigenvalue weighted by Crippen LogP contribution is 2.41. The predicted molar refractivity (Wildman–Crippen MR) is 250 cm³/mol. The number of hydrogen-bond acceptors (Lipinski definition) is 13. The molecule has 16 nitrogen and oxygen atoms in total. The van der Waals surface area contributed by atoms with E-state index in [0.29, 0.717) is 39.4 Å². The lowest BCUT2D eigenvalue weighted by Crippen LogP contribution is -2.46. The van der Waals surface area contributed by atoms with Crippen LogP contribution in [0.4, 0.5) is 0 Å². The molecular formula is C50H62N8O8. The summed E-state index contributed by atoms with van der Waals surface area (Å²) in [6.07, 6.45) is 0.689. The SMILES string of the molecule is Cc1c(C(=O)C[C@@H](CCN)C(=O)N(C)[C@@H]2C(=O)C[C@@H](C)C(=O)N[C@H](C(=O)CCC#N)Cc3ccc(OCCN)c(c3)-c3cc2ccc3OCCN)cnn(-c2ccc(C(C)(C)C)cc2)c1=O. The maximum atomic E-state index is 14.8. The van der Waals surface area contributed by atoms with Gasteiger partial charge in [-0.25, -0.2) is 0 Å². The zero-order valence-electron chi connectivity index (χ0n) is 38.7. The molecule has 1 aliphatic heterocycles. The van der Waals surface area contributed by atoms with Gasteiger partial charge in [0, 0.05) is 79.9 Å². The predicted octanol–water partition coefficient (Wildman–Crippen LogP) is 4.43. The standard InChI is InChI=1S/C50H62N8O8/c1-30-24-43(61)46(57(6)49(64)34(17-19-52)28-42(60)39-29-55-58(48(63)31(39)2)36-13-11-35(12-14-36)50(3,4)5)33-10-16-45(66-23-21-54)38(27-33)37-25-32(9-15-44(37)65-22-20-53)26-40(56-47(30)62)41(59)8-7-18-51/h9-16,25,27,29-30,34,40,46H,7-8,17,19-24,26,28,52-54H2,1-6H3,(H,56,62)/t30-,34-,40+,46+/m1/s1. The van der Waals surface area contributed by atoms with Crippen LogP contribution in [0.25, 0.3) is 16.8 Å². The Balaban J connectivity index is 1.57. The number of Topliss-reactive ketones (excluding diaryl/α,β-unsaturated/α-hetero) is 3. The maximum Gasteiger partial charge on any atom is 0.275 e. The zero-order valence-corrected chi connectivity index (χ0v) is 38.7. The van der Waals surface area contributed by atoms with Crippen LogP contribution >= 0.6 is 0 Å². The van der Waals surface area contributed by atoms with E-state index in [1.807, 2.05) is 18.2 Å². The van der Waals surface area contributed by atoms with Gasteiger partial charge in [-0.3, -0.25) is 28.8 Å². The van der Waals surface area contributed by atoms with Crippen LogP contribution in [0.15, 0.2) is 71.7 Å². The summed E-state index contributed by atoms with van der Waals surface area (Å²) in [7, 11) is 1.46. The number of nitriles is 1. The van der Waals surface area contributed by atoms with Crippen LogP contribution in [0, 0.1) is 30.1 Å². The van der Waals surface area contributed by atoms with Gasteiger partial charge in [-0.2, -0.15) is 15.0 Å². The average molecular weight is 903 g/mol. The van der Waals surface area contributed by atoms with E-state index < -0.39 is 52.9 Å². The fourth-order valence-electron chi connectivity index (χ4n) is 8.08. The lowest BCUT2D eigenvalue weighted by Gasteiger charge is -2.32. The molecule has 1 aliphatic rings. The van der Waals surface area contributed by atoms with Gasteiger partial charge < -0.3 is 36.9 Å². The smallest absolute Gasteiger partial charge is 0.275 e. The number of nitrogens with zero attached hydrogens (tertiary/aromatic N) is 4. The van der Waals surface area contributed by atoms with Crippen molar-refractivity contribution >= 4 is 29.2 Å². The van der Waals surface area contributed by atoms with Gasteiger partial charge in [-0.05, 0) is 84.8 Å². The summed E-state index contributed by atoms with van der Waals surface area (Å²) in [6, 6.07) is 17.5. The van der Waals surface area contributed by atoms with Crippen molar-refractivity contribution in [1.82, 2.24) is 20.0 Å². The number of amides is 2. The van der Waals surface area contributed by atoms with Crippen molar-refractivity contribution in [3.8, 4) is 34.4 Å². The Morgan fingerprint density at radius 2 is 1.56 bits per heavy atom. The number of hydrogen-bond donors (Lipinski definition) is 4. The second-order valence-electron chi connectivity index (χ2n) is 17.8. The highest BCUT2D eigenvalue weighted by molar-refractivity contribution is 6.00. The normalized spacial score (nSPS) is 16.9. The molecule has 0 fully saturated rings. The van der Waals surface area contributed by atoms with Gasteiger partial charge in [0.15, 0.2) is 17.3 Å². The number of fused-ring (bicyclic) bond motifs is 5. The summed E-state index contributed by atoms with van der Waals surface area (Å²) < 4.78 is 13.5. The molecule has 0 radical (unpaired) electrons. The minimum Gasteiger partial charge on any atom is -0.492 e. The molecule has 2 heterocycles. The fourth-order valence-corrected chi connectivity index (χ4v) is 8.08. The first-order valence-electron chi connectivity index (χ1n) is 22.3. The number of benzene rings is 3. The van der Waals surface area contributed by atoms with E-state index in [4.69, 9.17) is 26.7 Å². The fraction of sp³-hybridized carbons (Fsp3) is 0.440. The third-order valence-corrected chi connectivity index (χ3v) is 11.8. The van der Waals surface area contributed by atoms with Crippen molar-refractivity contribution in [2.24, 2.45) is 29.0 Å². The lowest BCUT2D eigenvalue weighted by atomic mass is 9.87. The topological polar surface area (TPSA) is 256 Å². The first kappa shape index (κ1) is 50.5. The maximum absolute atomic E-state index is 14.8. The molecule has 4 atom stereocenters. The monoisotopic (exact) mass is 902 g/mol. The van der Waals surface area contributed by atoms with Crippen LogP contribution in [0.5, 0.6) is 11.5 Å². The first-order valence-corrected chi connectivity index (χ1v) is 22.3. The first-order chi connectivity index (χ1) is 31.4. The van der Waals surface area contributed by atoms with Gasteiger partial charge in [-0.15, -0.1) is 0 Å². The van der Waals surface area contributed by atoms with Gasteiger partial charge in [0.25, 0.3) is 5.56 Å². The molecule has 7 N–H and O–H groups in total. The molecule has 0 unspecified atom stereocenters. The molecule has 0 saturated heterocycles. The summed E-state index contributed by atoms with van der Waals surface area (Å²) in [5.74, 6) is -3.61. The van der Waals surface area contributed by atoms with E-state index in [1.165, 1.54) is 22.8 Å². The van der Waals surface area contributed by atoms with Gasteiger partial charge in [0.1, 0.15) is 30.8 Å². The van der Waals surface area contributed by atoms with E-state index >= 15 is 0 Å². The Morgan fingerprint density at radius 3 is 2.17 bits per heavy atom. The Kier molecular flexibility index (Phi) is 17.3. The van der Waals surface area contributed by atoms with E-state index in [2.05, 4.69) is 31.2 Å². The van der Waals surface area contributed by atoms with Crippen LogP contribution in [0.2, 0.25) is 0 Å². The second-order valence-corrected chi connectivity index (χ2v) is 17.8. The molecule has 350 valence electrons. The van der Waals surface area contributed by atoms with E-state index in [-0.39, 0.29) is 93.7 Å². The van der Waals surface area contributed by atoms with E-state index in [1.54, 1.807) is 62.4 Å². The third kappa shape index (κ3) is 12.0. The molecule has 3 aromatic carbocycles. The molecule has 66 heavy (non-hydrogen) atoms. The van der Waals surface area contributed by atoms with Crippen molar-refractivity contribution in [2.45, 2.75) is 90.6 Å². The Morgan fingerprint density at radius 1 is 0.924 bits per heavy atom. The van der Waals surface area contributed by atoms with Crippen molar-refractivity contribution < 1.29 is 33.4 Å². The molecule has 4 aromatic rings. The number of nitrogens with two attached hydrogens (primary N) is 3. The number of carbonyl (C=O) groups is 5. The van der Waals surface area contributed by atoms with Crippen LogP contribution in [-0.2, 0) is 31.0 Å². The average Bonchev–Trinajstić information content (AvgIpc) is 3.29. The molecule has 1 aromatic heterocycles. The number of rotatable bonds is 17. The van der Waals surface area contributed by atoms with E-state index in [9.17, 15) is 34.0 Å². The van der Waals surface area contributed by atoms with Crippen LogP contribution in [-0.4, -0.2) is 89.8 Å². The molecular weight excluding hydrogens is 841 g/mol. The molecule has 0 aliphatic carbocycles. The van der Waals surface area contributed by atoms with Gasteiger partial charge in [0.2, 0.25) is 11.8 Å². The van der Waals surface area contributed by atoms with Crippen molar-refractivity contribution in [3.63, 3.8) is 0 Å². The Bertz CT molecular complexity index is 2520. The highest BCUT2D eigenvalue weighted by Gasteiger charge is 2.36. The lowest BCUT2D eigenvalue weighted by molar-refractivity contribution is -0.142. The van der Waals surface area contributed by atoms with Gasteiger partial charge in [-0.1, -0.05) is 52.0 Å². The second kappa shape index (κ2) is 22.6. The molecule has 2 amide bonds. The minimum absolute atomic E-state index is 0.0320. The molecule has 0 spiro atoms.